The van der Waals surface area contributed by atoms with Crippen molar-refractivity contribution in [1.82, 2.24) is 35.0 Å². The molecule has 11 heteroatoms. The molecular weight excluding hydrogens is 416 g/mol. The molecule has 10 nitrogen and oxygen atoms in total. The number of ether oxygens (including phenoxy) is 1. The zero-order valence-corrected chi connectivity index (χ0v) is 18.0. The third-order valence-corrected chi connectivity index (χ3v) is 5.00. The number of nitrogens with zero attached hydrogens (tertiary/aromatic N) is 6. The van der Waals surface area contributed by atoms with E-state index in [9.17, 15) is 4.79 Å². The molecule has 0 unspecified atom stereocenters. The molecule has 4 rings (SSSR count). The quantitative estimate of drug-likeness (QED) is 0.447. The summed E-state index contributed by atoms with van der Waals surface area (Å²) in [4.78, 5) is 12.8. The van der Waals surface area contributed by atoms with Crippen molar-refractivity contribution in [2.45, 2.75) is 20.4 Å². The van der Waals surface area contributed by atoms with Crippen molar-refractivity contribution in [2.75, 3.05) is 12.4 Å². The lowest BCUT2D eigenvalue weighted by molar-refractivity contribution is -0.116. The van der Waals surface area contributed by atoms with Crippen molar-refractivity contribution in [3.05, 3.63) is 58.6 Å². The molecular formula is C20H20N8O2S. The van der Waals surface area contributed by atoms with Gasteiger partial charge in [0.15, 0.2) is 16.4 Å². The summed E-state index contributed by atoms with van der Waals surface area (Å²) in [6.45, 7) is 3.79. The van der Waals surface area contributed by atoms with E-state index in [2.05, 4.69) is 31.0 Å². The third-order valence-electron chi connectivity index (χ3n) is 4.69. The van der Waals surface area contributed by atoms with E-state index >= 15 is 0 Å². The molecule has 0 saturated heterocycles. The summed E-state index contributed by atoms with van der Waals surface area (Å²) < 4.78 is 8.96. The summed E-state index contributed by atoms with van der Waals surface area (Å²) in [6.07, 6.45) is 0. The highest BCUT2D eigenvalue weighted by Gasteiger charge is 2.15. The minimum absolute atomic E-state index is 0.00378. The fraction of sp³-hybridized carbons (Fsp3) is 0.200. The van der Waals surface area contributed by atoms with Gasteiger partial charge in [0.2, 0.25) is 5.91 Å². The Morgan fingerprint density at radius 3 is 2.65 bits per heavy atom. The zero-order valence-electron chi connectivity index (χ0n) is 17.2. The Morgan fingerprint density at radius 1 is 1.19 bits per heavy atom. The van der Waals surface area contributed by atoms with Crippen molar-refractivity contribution in [3.63, 3.8) is 0 Å². The predicted octanol–water partition coefficient (Wildman–Crippen LogP) is 2.85. The molecule has 2 heterocycles. The number of carbonyl (C=O) groups is 1. The average Bonchev–Trinajstić information content (AvgIpc) is 3.34. The van der Waals surface area contributed by atoms with Crippen LogP contribution >= 0.6 is 12.2 Å². The van der Waals surface area contributed by atoms with E-state index < -0.39 is 0 Å². The van der Waals surface area contributed by atoms with Crippen LogP contribution in [0, 0.1) is 18.6 Å². The first-order valence-corrected chi connectivity index (χ1v) is 9.82. The zero-order chi connectivity index (χ0) is 22.0. The Morgan fingerprint density at radius 2 is 1.97 bits per heavy atom. The SMILES string of the molecule is COc1ccc(NC(=O)Cn2c(-c3ccc(C)cc3)n[nH]c2=S)cc1-n1nnnc1C. The van der Waals surface area contributed by atoms with Crippen LogP contribution in [0.5, 0.6) is 5.75 Å². The summed E-state index contributed by atoms with van der Waals surface area (Å²) in [7, 11) is 1.56. The van der Waals surface area contributed by atoms with Gasteiger partial charge in [0.05, 0.1) is 7.11 Å². The lowest BCUT2D eigenvalue weighted by Gasteiger charge is -2.12. The van der Waals surface area contributed by atoms with Gasteiger partial charge in [0.25, 0.3) is 0 Å². The van der Waals surface area contributed by atoms with E-state index in [0.29, 0.717) is 33.5 Å². The van der Waals surface area contributed by atoms with E-state index in [1.807, 2.05) is 31.2 Å². The number of H-pyrrole nitrogens is 1. The lowest BCUT2D eigenvalue weighted by Crippen LogP contribution is -2.19. The molecule has 0 atom stereocenters. The first-order valence-electron chi connectivity index (χ1n) is 9.42. The first kappa shape index (κ1) is 20.4. The number of hydrogen-bond acceptors (Lipinski definition) is 7. The van der Waals surface area contributed by atoms with E-state index in [1.165, 1.54) is 4.68 Å². The van der Waals surface area contributed by atoms with Crippen molar-refractivity contribution in [3.8, 4) is 22.8 Å². The van der Waals surface area contributed by atoms with Crippen LogP contribution in [0.2, 0.25) is 0 Å². The molecule has 0 aliphatic heterocycles. The molecule has 0 aliphatic rings. The number of nitrogens with one attached hydrogen (secondary N) is 2. The van der Waals surface area contributed by atoms with Crippen LogP contribution in [-0.4, -0.2) is 48.0 Å². The molecule has 0 spiro atoms. The van der Waals surface area contributed by atoms with Crippen LogP contribution in [-0.2, 0) is 11.3 Å². The van der Waals surface area contributed by atoms with Crippen LogP contribution in [0.25, 0.3) is 17.1 Å². The Bertz CT molecular complexity index is 1290. The summed E-state index contributed by atoms with van der Waals surface area (Å²) in [6, 6.07) is 13.1. The van der Waals surface area contributed by atoms with Crippen molar-refractivity contribution < 1.29 is 9.53 Å². The van der Waals surface area contributed by atoms with Gasteiger partial charge in [0.1, 0.15) is 18.0 Å². The van der Waals surface area contributed by atoms with Gasteiger partial charge in [-0.1, -0.05) is 29.8 Å². The second kappa shape index (κ2) is 8.48. The van der Waals surface area contributed by atoms with Crippen molar-refractivity contribution in [1.29, 1.82) is 0 Å². The molecule has 2 aromatic carbocycles. The van der Waals surface area contributed by atoms with Gasteiger partial charge in [-0.25, -0.2) is 0 Å². The van der Waals surface area contributed by atoms with E-state index in [4.69, 9.17) is 17.0 Å². The van der Waals surface area contributed by atoms with Crippen LogP contribution in [0.4, 0.5) is 5.69 Å². The second-order valence-electron chi connectivity index (χ2n) is 6.88. The van der Waals surface area contributed by atoms with Crippen LogP contribution in [0.3, 0.4) is 0 Å². The monoisotopic (exact) mass is 436 g/mol. The standard InChI is InChI=1S/C20H20N8O2S/c1-12-4-6-14(7-5-12)19-23-24-20(31)27(19)11-18(29)21-15-8-9-17(30-3)16(10-15)28-13(2)22-25-26-28/h4-10H,11H2,1-3H3,(H,21,29)(H,24,31). The molecule has 4 aromatic rings. The smallest absolute Gasteiger partial charge is 0.244 e. The predicted molar refractivity (Wildman–Crippen MR) is 117 cm³/mol. The largest absolute Gasteiger partial charge is 0.494 e. The molecule has 0 bridgehead atoms. The van der Waals surface area contributed by atoms with Crippen LogP contribution in [0.1, 0.15) is 11.4 Å². The Hall–Kier alpha value is -3.86. The van der Waals surface area contributed by atoms with E-state index in [1.54, 1.807) is 36.8 Å². The number of hydrogen-bond donors (Lipinski definition) is 2. The van der Waals surface area contributed by atoms with E-state index in [0.717, 1.165) is 11.1 Å². The fourth-order valence-electron chi connectivity index (χ4n) is 3.12. The van der Waals surface area contributed by atoms with E-state index in [-0.39, 0.29) is 12.5 Å². The number of amides is 1. The number of aryl methyl sites for hydroxylation is 2. The highest BCUT2D eigenvalue weighted by Crippen LogP contribution is 2.26. The van der Waals surface area contributed by atoms with Gasteiger partial charge < -0.3 is 10.1 Å². The van der Waals surface area contributed by atoms with Crippen LogP contribution in [0.15, 0.2) is 42.5 Å². The van der Waals surface area contributed by atoms with Gasteiger partial charge in [-0.15, -0.1) is 5.10 Å². The Balaban J connectivity index is 1.58. The fourth-order valence-corrected chi connectivity index (χ4v) is 3.32. The maximum absolute atomic E-state index is 12.8. The number of methoxy groups -OCH3 is 1. The number of tetrazole rings is 1. The molecule has 2 aromatic heterocycles. The molecule has 2 N–H and O–H groups in total. The molecule has 0 fully saturated rings. The third kappa shape index (κ3) is 4.21. The lowest BCUT2D eigenvalue weighted by atomic mass is 10.1. The van der Waals surface area contributed by atoms with Crippen molar-refractivity contribution >= 4 is 23.8 Å². The number of carbonyl (C=O) groups excluding carboxylic acids is 1. The number of benzene rings is 2. The van der Waals surface area contributed by atoms with Gasteiger partial charge in [-0.3, -0.25) is 14.5 Å². The number of anilines is 1. The average molecular weight is 437 g/mol. The minimum Gasteiger partial charge on any atom is -0.494 e. The maximum atomic E-state index is 12.8. The Labute approximate surface area is 182 Å². The Kier molecular flexibility index (Phi) is 5.58. The van der Waals surface area contributed by atoms with Gasteiger partial charge in [-0.05, 0) is 54.7 Å². The van der Waals surface area contributed by atoms with Gasteiger partial charge in [-0.2, -0.15) is 9.78 Å². The second-order valence-corrected chi connectivity index (χ2v) is 7.26. The minimum atomic E-state index is -0.254. The first-order chi connectivity index (χ1) is 15.0. The van der Waals surface area contributed by atoms with Crippen LogP contribution < -0.4 is 10.1 Å². The molecule has 0 saturated carbocycles. The summed E-state index contributed by atoms with van der Waals surface area (Å²) in [5.74, 6) is 1.51. The normalized spacial score (nSPS) is 10.8. The molecule has 31 heavy (non-hydrogen) atoms. The summed E-state index contributed by atoms with van der Waals surface area (Å²) in [5.41, 5.74) is 3.19. The van der Waals surface area contributed by atoms with Gasteiger partial charge >= 0.3 is 0 Å². The molecule has 0 aliphatic carbocycles. The topological polar surface area (TPSA) is 116 Å². The number of aromatic amines is 1. The molecule has 158 valence electrons. The highest BCUT2D eigenvalue weighted by molar-refractivity contribution is 7.71. The van der Waals surface area contributed by atoms with Gasteiger partial charge in [0, 0.05) is 11.3 Å². The van der Waals surface area contributed by atoms with Crippen molar-refractivity contribution in [2.24, 2.45) is 0 Å². The number of aromatic nitrogens is 7. The summed E-state index contributed by atoms with van der Waals surface area (Å²) >= 11 is 5.33. The highest BCUT2D eigenvalue weighted by atomic mass is 32.1. The number of rotatable bonds is 6. The molecule has 1 amide bonds. The maximum Gasteiger partial charge on any atom is 0.244 e. The molecule has 0 radical (unpaired) electrons. The summed E-state index contributed by atoms with van der Waals surface area (Å²) in [5, 5.41) is 21.5.